The number of rotatable bonds is 5. The first-order chi connectivity index (χ1) is 14.6. The van der Waals surface area contributed by atoms with E-state index in [4.69, 9.17) is 9.51 Å². The van der Waals surface area contributed by atoms with Gasteiger partial charge in [-0.05, 0) is 39.5 Å². The van der Waals surface area contributed by atoms with Gasteiger partial charge in [0.25, 0.3) is 5.91 Å². The van der Waals surface area contributed by atoms with Crippen molar-refractivity contribution in [2.45, 2.75) is 58.9 Å². The molecule has 1 aliphatic rings. The Bertz CT molecular complexity index is 1030. The molecule has 8 nitrogen and oxygen atoms in total. The zero-order valence-electron chi connectivity index (χ0n) is 17.6. The van der Waals surface area contributed by atoms with Crippen molar-refractivity contribution in [1.29, 1.82) is 0 Å². The number of nitrogens with zero attached hydrogens (tertiary/aromatic N) is 6. The molecule has 0 bridgehead atoms. The van der Waals surface area contributed by atoms with Crippen LogP contribution in [0.5, 0.6) is 0 Å². The average molecular weight is 406 g/mol. The van der Waals surface area contributed by atoms with Crippen molar-refractivity contribution in [3.63, 3.8) is 0 Å². The van der Waals surface area contributed by atoms with E-state index in [9.17, 15) is 4.79 Å². The lowest BCUT2D eigenvalue weighted by atomic mass is 9.95. The van der Waals surface area contributed by atoms with E-state index in [2.05, 4.69) is 27.0 Å². The summed E-state index contributed by atoms with van der Waals surface area (Å²) in [7, 11) is 0. The maximum atomic E-state index is 13.3. The summed E-state index contributed by atoms with van der Waals surface area (Å²) in [4.78, 5) is 33.1. The average Bonchev–Trinajstić information content (AvgIpc) is 3.20. The quantitative estimate of drug-likeness (QED) is 0.634. The Morgan fingerprint density at radius 1 is 1.13 bits per heavy atom. The van der Waals surface area contributed by atoms with Crippen LogP contribution in [0.1, 0.15) is 72.0 Å². The zero-order chi connectivity index (χ0) is 21.1. The molecular formula is C22H26N6O2. The maximum absolute atomic E-state index is 13.3. The second-order valence-corrected chi connectivity index (χ2v) is 7.72. The van der Waals surface area contributed by atoms with Crippen molar-refractivity contribution >= 4 is 5.91 Å². The molecule has 1 fully saturated rings. The number of piperidine rings is 1. The van der Waals surface area contributed by atoms with Crippen molar-refractivity contribution in [3.05, 3.63) is 53.3 Å². The Morgan fingerprint density at radius 2 is 2.00 bits per heavy atom. The van der Waals surface area contributed by atoms with Crippen LogP contribution < -0.4 is 0 Å². The molecule has 3 aromatic heterocycles. The van der Waals surface area contributed by atoms with Gasteiger partial charge in [-0.2, -0.15) is 0 Å². The van der Waals surface area contributed by atoms with Gasteiger partial charge in [0.15, 0.2) is 5.76 Å². The lowest BCUT2D eigenvalue weighted by molar-refractivity contribution is 0.0599. The molecule has 0 spiro atoms. The Kier molecular flexibility index (Phi) is 5.83. The summed E-state index contributed by atoms with van der Waals surface area (Å²) in [5, 5.41) is 4.02. The van der Waals surface area contributed by atoms with Gasteiger partial charge in [0, 0.05) is 31.4 Å². The van der Waals surface area contributed by atoms with Crippen molar-refractivity contribution in [3.8, 4) is 11.3 Å². The van der Waals surface area contributed by atoms with Gasteiger partial charge in [-0.25, -0.2) is 15.0 Å². The molecule has 1 saturated heterocycles. The predicted octanol–water partition coefficient (Wildman–Crippen LogP) is 3.86. The first kappa shape index (κ1) is 20.1. The fraction of sp³-hybridized carbons (Fsp3) is 0.455. The van der Waals surface area contributed by atoms with E-state index in [1.54, 1.807) is 18.6 Å². The Morgan fingerprint density at radius 3 is 2.70 bits per heavy atom. The van der Waals surface area contributed by atoms with E-state index >= 15 is 0 Å². The summed E-state index contributed by atoms with van der Waals surface area (Å²) in [6.45, 7) is 6.49. The number of aromatic nitrogens is 5. The van der Waals surface area contributed by atoms with E-state index < -0.39 is 0 Å². The van der Waals surface area contributed by atoms with Gasteiger partial charge in [0.05, 0.1) is 34.9 Å². The molecule has 0 aromatic carbocycles. The van der Waals surface area contributed by atoms with Crippen molar-refractivity contribution in [2.24, 2.45) is 0 Å². The maximum Gasteiger partial charge on any atom is 0.274 e. The highest BCUT2D eigenvalue weighted by Crippen LogP contribution is 2.36. The Hall–Kier alpha value is -3.16. The molecule has 1 aliphatic heterocycles. The van der Waals surface area contributed by atoms with E-state index in [1.165, 1.54) is 0 Å². The fourth-order valence-electron chi connectivity index (χ4n) is 3.82. The Labute approximate surface area is 175 Å². The van der Waals surface area contributed by atoms with Crippen molar-refractivity contribution < 1.29 is 9.32 Å². The van der Waals surface area contributed by atoms with Crippen LogP contribution in [0.15, 0.2) is 29.2 Å². The van der Waals surface area contributed by atoms with Crippen LogP contribution in [-0.4, -0.2) is 42.4 Å². The van der Waals surface area contributed by atoms with E-state index in [0.29, 0.717) is 18.0 Å². The summed E-state index contributed by atoms with van der Waals surface area (Å²) < 4.78 is 5.52. The van der Waals surface area contributed by atoms with Gasteiger partial charge in [-0.15, -0.1) is 0 Å². The molecule has 30 heavy (non-hydrogen) atoms. The van der Waals surface area contributed by atoms with Crippen LogP contribution in [0.4, 0.5) is 0 Å². The largest absolute Gasteiger partial charge is 0.356 e. The SMILES string of the molecule is CCCc1ncc(-c2cc(C)no2)c(C2CCCCN2C(=O)c2cnc(C)cn2)n1. The summed E-state index contributed by atoms with van der Waals surface area (Å²) in [5.74, 6) is 1.28. The third kappa shape index (κ3) is 4.08. The highest BCUT2D eigenvalue weighted by atomic mass is 16.5. The molecule has 156 valence electrons. The number of amides is 1. The summed E-state index contributed by atoms with van der Waals surface area (Å²) in [6.07, 6.45) is 9.51. The molecule has 0 N–H and O–H groups in total. The van der Waals surface area contributed by atoms with E-state index in [1.807, 2.05) is 24.8 Å². The van der Waals surface area contributed by atoms with Crippen LogP contribution >= 0.6 is 0 Å². The molecule has 1 unspecified atom stereocenters. The van der Waals surface area contributed by atoms with E-state index in [0.717, 1.165) is 60.6 Å². The predicted molar refractivity (Wildman–Crippen MR) is 111 cm³/mol. The highest BCUT2D eigenvalue weighted by molar-refractivity contribution is 5.92. The van der Waals surface area contributed by atoms with Gasteiger partial charge in [-0.3, -0.25) is 9.78 Å². The van der Waals surface area contributed by atoms with Crippen LogP contribution in [0.25, 0.3) is 11.3 Å². The highest BCUT2D eigenvalue weighted by Gasteiger charge is 2.33. The number of hydrogen-bond acceptors (Lipinski definition) is 7. The normalized spacial score (nSPS) is 16.6. The van der Waals surface area contributed by atoms with Crippen molar-refractivity contribution in [1.82, 2.24) is 30.0 Å². The minimum absolute atomic E-state index is 0.123. The topological polar surface area (TPSA) is 97.9 Å². The summed E-state index contributed by atoms with van der Waals surface area (Å²) >= 11 is 0. The minimum Gasteiger partial charge on any atom is -0.356 e. The molecular weight excluding hydrogens is 380 g/mol. The van der Waals surface area contributed by atoms with Crippen LogP contribution in [-0.2, 0) is 6.42 Å². The lowest BCUT2D eigenvalue weighted by Gasteiger charge is -2.35. The van der Waals surface area contributed by atoms with Gasteiger partial charge >= 0.3 is 0 Å². The molecule has 4 rings (SSSR count). The third-order valence-electron chi connectivity index (χ3n) is 5.31. The van der Waals surface area contributed by atoms with E-state index in [-0.39, 0.29) is 11.9 Å². The Balaban J connectivity index is 1.76. The standard InChI is InChI=1S/C22H26N6O2/c1-4-7-20-25-12-16(19-10-14(2)27-30-19)21(26-20)18-8-5-6-9-28(18)22(29)17-13-23-15(3)11-24-17/h10-13,18H,4-9H2,1-3H3. The second-order valence-electron chi connectivity index (χ2n) is 7.72. The first-order valence-corrected chi connectivity index (χ1v) is 10.5. The summed E-state index contributed by atoms with van der Waals surface area (Å²) in [5.41, 5.74) is 3.53. The van der Waals surface area contributed by atoms with Gasteiger partial charge in [0.1, 0.15) is 11.5 Å². The van der Waals surface area contributed by atoms with Gasteiger partial charge in [0.2, 0.25) is 0 Å². The number of likely N-dealkylation sites (tertiary alicyclic amines) is 1. The third-order valence-corrected chi connectivity index (χ3v) is 5.31. The molecule has 0 saturated carbocycles. The van der Waals surface area contributed by atoms with Crippen molar-refractivity contribution in [2.75, 3.05) is 6.54 Å². The minimum atomic E-state index is -0.173. The van der Waals surface area contributed by atoms with Gasteiger partial charge < -0.3 is 9.42 Å². The molecule has 1 amide bonds. The molecule has 3 aromatic rings. The molecule has 8 heteroatoms. The molecule has 0 radical (unpaired) electrons. The van der Waals surface area contributed by atoms with Crippen LogP contribution in [0, 0.1) is 13.8 Å². The molecule has 1 atom stereocenters. The fourth-order valence-corrected chi connectivity index (χ4v) is 3.82. The van der Waals surface area contributed by atoms with Gasteiger partial charge in [-0.1, -0.05) is 12.1 Å². The molecule has 4 heterocycles. The van der Waals surface area contributed by atoms with Crippen LogP contribution in [0.3, 0.4) is 0 Å². The number of hydrogen-bond donors (Lipinski definition) is 0. The second kappa shape index (κ2) is 8.69. The number of carbonyl (C=O) groups is 1. The first-order valence-electron chi connectivity index (χ1n) is 10.5. The lowest BCUT2D eigenvalue weighted by Crippen LogP contribution is -2.39. The zero-order valence-corrected chi connectivity index (χ0v) is 17.6. The summed E-state index contributed by atoms with van der Waals surface area (Å²) in [6, 6.07) is 1.70. The monoisotopic (exact) mass is 406 g/mol. The number of aryl methyl sites for hydroxylation is 3. The number of carbonyl (C=O) groups excluding carboxylic acids is 1. The van der Waals surface area contributed by atoms with Crippen LogP contribution in [0.2, 0.25) is 0 Å². The smallest absolute Gasteiger partial charge is 0.274 e. The molecule has 0 aliphatic carbocycles.